The van der Waals surface area contributed by atoms with Crippen molar-refractivity contribution in [3.63, 3.8) is 0 Å². The minimum Gasteiger partial charge on any atom is -0.326 e. The second kappa shape index (κ2) is 6.70. The first-order valence-electron chi connectivity index (χ1n) is 8.31. The molecule has 0 aliphatic heterocycles. The van der Waals surface area contributed by atoms with E-state index in [9.17, 15) is 9.59 Å². The molecule has 5 nitrogen and oxygen atoms in total. The lowest BCUT2D eigenvalue weighted by atomic mass is 10.2. The summed E-state index contributed by atoms with van der Waals surface area (Å²) < 4.78 is 0. The number of amides is 1. The highest BCUT2D eigenvalue weighted by Crippen LogP contribution is 2.35. The molecule has 0 bridgehead atoms. The fourth-order valence-electron chi connectivity index (χ4n) is 3.20. The van der Waals surface area contributed by atoms with Crippen molar-refractivity contribution in [2.75, 3.05) is 5.32 Å². The molecule has 0 atom stereocenters. The van der Waals surface area contributed by atoms with Crippen LogP contribution in [-0.2, 0) is 17.6 Å². The number of carbonyl (C=O) groups excluding carboxylic acids is 1. The number of carbonyl (C=O) groups is 1. The Balaban J connectivity index is 1.67. The number of aryl methyl sites for hydroxylation is 2. The fourth-order valence-corrected chi connectivity index (χ4v) is 4.67. The Morgan fingerprint density at radius 3 is 2.81 bits per heavy atom. The average molecular weight is 386 g/mol. The third-order valence-corrected chi connectivity index (χ3v) is 5.80. The third-order valence-electron chi connectivity index (χ3n) is 4.33. The van der Waals surface area contributed by atoms with E-state index in [-0.39, 0.29) is 11.5 Å². The largest absolute Gasteiger partial charge is 0.326 e. The van der Waals surface area contributed by atoms with Crippen LogP contribution in [0.3, 0.4) is 0 Å². The predicted octanol–water partition coefficient (Wildman–Crippen LogP) is 4.17. The van der Waals surface area contributed by atoms with Gasteiger partial charge in [0, 0.05) is 17.5 Å². The summed E-state index contributed by atoms with van der Waals surface area (Å²) in [6.45, 7) is 1.46. The van der Waals surface area contributed by atoms with Gasteiger partial charge in [-0.3, -0.25) is 9.59 Å². The monoisotopic (exact) mass is 385 g/mol. The first-order valence-corrected chi connectivity index (χ1v) is 9.50. The number of anilines is 1. The Morgan fingerprint density at radius 1 is 1.31 bits per heavy atom. The average Bonchev–Trinajstić information content (AvgIpc) is 3.16. The number of halogens is 1. The van der Waals surface area contributed by atoms with Crippen molar-refractivity contribution >= 4 is 55.9 Å². The molecule has 3 aromatic rings. The van der Waals surface area contributed by atoms with E-state index in [1.807, 2.05) is 12.1 Å². The maximum atomic E-state index is 12.5. The standard InChI is InChI=1S/C19H16ClN3O2S/c1-10(24)21-12-7-5-11(6-8-12)9-14(20)17-22-18(25)16-13-3-2-4-15(13)26-19(16)23-17/h5-9H,2-4H2,1H3,(H,21,24)(H,22,23,25)/b14-9-. The van der Waals surface area contributed by atoms with Gasteiger partial charge in [0.1, 0.15) is 4.83 Å². The van der Waals surface area contributed by atoms with Crippen LogP contribution >= 0.6 is 22.9 Å². The van der Waals surface area contributed by atoms with Crippen molar-refractivity contribution in [3.05, 3.63) is 56.4 Å². The van der Waals surface area contributed by atoms with Crippen LogP contribution in [0.1, 0.15) is 35.2 Å². The minimum absolute atomic E-state index is 0.121. The Labute approximate surface area is 158 Å². The highest BCUT2D eigenvalue weighted by Gasteiger charge is 2.21. The molecule has 0 saturated heterocycles. The van der Waals surface area contributed by atoms with Gasteiger partial charge >= 0.3 is 0 Å². The second-order valence-electron chi connectivity index (χ2n) is 6.25. The van der Waals surface area contributed by atoms with E-state index in [0.717, 1.165) is 40.6 Å². The zero-order valence-electron chi connectivity index (χ0n) is 14.1. The van der Waals surface area contributed by atoms with Crippen LogP contribution in [0.4, 0.5) is 5.69 Å². The molecule has 0 unspecified atom stereocenters. The maximum Gasteiger partial charge on any atom is 0.260 e. The molecule has 0 saturated carbocycles. The maximum absolute atomic E-state index is 12.5. The molecular formula is C19H16ClN3O2S. The van der Waals surface area contributed by atoms with Gasteiger partial charge < -0.3 is 10.3 Å². The van der Waals surface area contributed by atoms with E-state index in [1.54, 1.807) is 29.5 Å². The summed E-state index contributed by atoms with van der Waals surface area (Å²) >= 11 is 7.98. The van der Waals surface area contributed by atoms with Crippen molar-refractivity contribution in [3.8, 4) is 0 Å². The van der Waals surface area contributed by atoms with Gasteiger partial charge in [0.25, 0.3) is 5.56 Å². The number of hydrogen-bond donors (Lipinski definition) is 2. The van der Waals surface area contributed by atoms with Crippen molar-refractivity contribution in [1.82, 2.24) is 9.97 Å². The van der Waals surface area contributed by atoms with E-state index in [4.69, 9.17) is 11.6 Å². The molecule has 1 amide bonds. The number of rotatable bonds is 3. The predicted molar refractivity (Wildman–Crippen MR) is 107 cm³/mol. The van der Waals surface area contributed by atoms with Gasteiger partial charge in [0.05, 0.1) is 10.4 Å². The number of fused-ring (bicyclic) bond motifs is 3. The molecule has 0 fully saturated rings. The molecule has 26 heavy (non-hydrogen) atoms. The molecule has 132 valence electrons. The Bertz CT molecular complexity index is 1100. The summed E-state index contributed by atoms with van der Waals surface area (Å²) in [5.74, 6) is 0.249. The number of thiophene rings is 1. The summed E-state index contributed by atoms with van der Waals surface area (Å²) in [4.78, 5) is 33.0. The van der Waals surface area contributed by atoms with Crippen molar-refractivity contribution in [2.24, 2.45) is 0 Å². The van der Waals surface area contributed by atoms with E-state index in [1.165, 1.54) is 11.8 Å². The summed E-state index contributed by atoms with van der Waals surface area (Å²) in [5, 5.41) is 3.80. The highest BCUT2D eigenvalue weighted by atomic mass is 35.5. The topological polar surface area (TPSA) is 74.8 Å². The number of nitrogens with one attached hydrogen (secondary N) is 2. The van der Waals surface area contributed by atoms with Gasteiger partial charge in [0.2, 0.25) is 5.91 Å². The van der Waals surface area contributed by atoms with Crippen LogP contribution in [0.5, 0.6) is 0 Å². The molecule has 0 radical (unpaired) electrons. The van der Waals surface area contributed by atoms with Crippen LogP contribution in [0.15, 0.2) is 29.1 Å². The van der Waals surface area contributed by atoms with E-state index < -0.39 is 0 Å². The van der Waals surface area contributed by atoms with Gasteiger partial charge in [-0.05, 0) is 48.6 Å². The van der Waals surface area contributed by atoms with Gasteiger partial charge in [0.15, 0.2) is 5.82 Å². The quantitative estimate of drug-likeness (QED) is 0.710. The lowest BCUT2D eigenvalue weighted by Gasteiger charge is -2.03. The zero-order chi connectivity index (χ0) is 18.3. The highest BCUT2D eigenvalue weighted by molar-refractivity contribution is 7.18. The van der Waals surface area contributed by atoms with E-state index in [0.29, 0.717) is 16.5 Å². The van der Waals surface area contributed by atoms with Gasteiger partial charge in [-0.25, -0.2) is 4.98 Å². The zero-order valence-corrected chi connectivity index (χ0v) is 15.6. The summed E-state index contributed by atoms with van der Waals surface area (Å²) in [6.07, 6.45) is 4.82. The number of nitrogens with zero attached hydrogens (tertiary/aromatic N) is 1. The molecular weight excluding hydrogens is 370 g/mol. The molecule has 2 N–H and O–H groups in total. The van der Waals surface area contributed by atoms with Gasteiger partial charge in [-0.1, -0.05) is 23.7 Å². The Hall–Kier alpha value is -2.44. The lowest BCUT2D eigenvalue weighted by Crippen LogP contribution is -2.10. The molecule has 1 aliphatic carbocycles. The van der Waals surface area contributed by atoms with E-state index in [2.05, 4.69) is 15.3 Å². The molecule has 0 spiro atoms. The third kappa shape index (κ3) is 3.18. The van der Waals surface area contributed by atoms with Crippen molar-refractivity contribution in [2.45, 2.75) is 26.2 Å². The second-order valence-corrected chi connectivity index (χ2v) is 7.74. The molecule has 1 aromatic carbocycles. The smallest absolute Gasteiger partial charge is 0.260 e. The van der Waals surface area contributed by atoms with Crippen LogP contribution in [0.25, 0.3) is 21.3 Å². The molecule has 7 heteroatoms. The molecule has 1 aliphatic rings. The SMILES string of the molecule is CC(=O)Nc1ccc(/C=C(\Cl)c2nc3sc4c(c3c(=O)[nH]2)CCC4)cc1. The van der Waals surface area contributed by atoms with Crippen LogP contribution in [0, 0.1) is 0 Å². The van der Waals surface area contributed by atoms with Crippen LogP contribution < -0.4 is 10.9 Å². The van der Waals surface area contributed by atoms with Crippen LogP contribution in [0.2, 0.25) is 0 Å². The van der Waals surface area contributed by atoms with Gasteiger partial charge in [-0.15, -0.1) is 11.3 Å². The summed E-state index contributed by atoms with van der Waals surface area (Å²) in [7, 11) is 0. The molecule has 4 rings (SSSR count). The first-order chi connectivity index (χ1) is 12.5. The Kier molecular flexibility index (Phi) is 4.38. The first kappa shape index (κ1) is 17.0. The number of aromatic amines is 1. The van der Waals surface area contributed by atoms with Crippen molar-refractivity contribution < 1.29 is 4.79 Å². The minimum atomic E-state index is -0.128. The van der Waals surface area contributed by atoms with Gasteiger partial charge in [-0.2, -0.15) is 0 Å². The fraction of sp³-hybridized carbons (Fsp3) is 0.211. The molecule has 2 heterocycles. The number of H-pyrrole nitrogens is 1. The van der Waals surface area contributed by atoms with Crippen LogP contribution in [-0.4, -0.2) is 15.9 Å². The summed E-state index contributed by atoms with van der Waals surface area (Å²) in [6, 6.07) is 7.26. The molecule has 2 aromatic heterocycles. The Morgan fingerprint density at radius 2 is 2.08 bits per heavy atom. The van der Waals surface area contributed by atoms with E-state index >= 15 is 0 Å². The number of aromatic nitrogens is 2. The number of hydrogen-bond acceptors (Lipinski definition) is 4. The number of benzene rings is 1. The normalized spacial score (nSPS) is 13.8. The summed E-state index contributed by atoms with van der Waals surface area (Å²) in [5.41, 5.74) is 2.59. The van der Waals surface area contributed by atoms with Crippen molar-refractivity contribution in [1.29, 1.82) is 0 Å². The lowest BCUT2D eigenvalue weighted by molar-refractivity contribution is -0.114.